The summed E-state index contributed by atoms with van der Waals surface area (Å²) in [7, 11) is 0. The van der Waals surface area contributed by atoms with Crippen molar-refractivity contribution in [2.75, 3.05) is 5.32 Å². The third kappa shape index (κ3) is 3.13. The number of anilines is 1. The first-order chi connectivity index (χ1) is 11.9. The zero-order chi connectivity index (χ0) is 18.1. The van der Waals surface area contributed by atoms with Crippen molar-refractivity contribution in [2.45, 2.75) is 45.6 Å². The number of nitrogens with one attached hydrogen (secondary N) is 1. The molecule has 9 heteroatoms. The molecule has 1 N–H and O–H groups in total. The normalized spacial score (nSPS) is 14.4. The molecule has 0 fully saturated rings. The van der Waals surface area contributed by atoms with Crippen molar-refractivity contribution in [3.8, 4) is 6.07 Å². The van der Waals surface area contributed by atoms with Gasteiger partial charge in [0.25, 0.3) is 0 Å². The van der Waals surface area contributed by atoms with Crippen LogP contribution in [0.5, 0.6) is 0 Å². The Morgan fingerprint density at radius 2 is 2.24 bits per heavy atom. The zero-order valence-electron chi connectivity index (χ0n) is 13.9. The molecule has 1 atom stereocenters. The highest BCUT2D eigenvalue weighted by atomic mass is 32.1. The molecule has 0 aliphatic heterocycles. The summed E-state index contributed by atoms with van der Waals surface area (Å²) in [6.45, 7) is 3.14. The molecule has 0 aromatic carbocycles. The number of nitriles is 1. The summed E-state index contributed by atoms with van der Waals surface area (Å²) >= 11 is 1.45. The summed E-state index contributed by atoms with van der Waals surface area (Å²) in [5, 5.41) is 27.8. The fraction of sp³-hybridized carbons (Fsp3) is 0.438. The highest BCUT2D eigenvalue weighted by Crippen LogP contribution is 2.37. The fourth-order valence-corrected chi connectivity index (χ4v) is 4.20. The lowest BCUT2D eigenvalue weighted by atomic mass is 9.96. The summed E-state index contributed by atoms with van der Waals surface area (Å²) in [6.07, 6.45) is 5.20. The number of fused-ring (bicyclic) bond motifs is 1. The number of nitrogens with zero attached hydrogens (tertiary/aromatic N) is 4. The van der Waals surface area contributed by atoms with E-state index in [1.165, 1.54) is 29.1 Å². The van der Waals surface area contributed by atoms with Crippen LogP contribution in [-0.4, -0.2) is 20.6 Å². The molecule has 130 valence electrons. The van der Waals surface area contributed by atoms with Crippen LogP contribution in [0.25, 0.3) is 0 Å². The molecule has 0 saturated heterocycles. The van der Waals surface area contributed by atoms with Crippen LogP contribution in [0.15, 0.2) is 6.20 Å². The van der Waals surface area contributed by atoms with Gasteiger partial charge >= 0.3 is 5.69 Å². The summed E-state index contributed by atoms with van der Waals surface area (Å²) in [6, 6.07) is 1.48. The smallest absolute Gasteiger partial charge is 0.309 e. The maximum Gasteiger partial charge on any atom is 0.309 e. The van der Waals surface area contributed by atoms with Crippen LogP contribution in [0.2, 0.25) is 0 Å². The van der Waals surface area contributed by atoms with E-state index in [0.29, 0.717) is 10.6 Å². The minimum Gasteiger partial charge on any atom is -0.315 e. The number of thiophene rings is 1. The number of nitro groups is 1. The molecule has 0 spiro atoms. The molecule has 25 heavy (non-hydrogen) atoms. The topological polar surface area (TPSA) is 114 Å². The molecule has 1 amide bonds. The second kappa shape index (κ2) is 6.64. The predicted molar refractivity (Wildman–Crippen MR) is 92.6 cm³/mol. The van der Waals surface area contributed by atoms with Gasteiger partial charge in [0.1, 0.15) is 29.0 Å². The van der Waals surface area contributed by atoms with Crippen LogP contribution in [0, 0.1) is 28.4 Å². The lowest BCUT2D eigenvalue weighted by Crippen LogP contribution is -2.24. The number of carbonyl (C=O) groups excluding carboxylic acids is 1. The number of amides is 1. The monoisotopic (exact) mass is 359 g/mol. The maximum atomic E-state index is 12.5. The van der Waals surface area contributed by atoms with Gasteiger partial charge in [-0.3, -0.25) is 19.6 Å². The van der Waals surface area contributed by atoms with Crippen LogP contribution in [0.3, 0.4) is 0 Å². The highest BCUT2D eigenvalue weighted by molar-refractivity contribution is 7.16. The van der Waals surface area contributed by atoms with Crippen LogP contribution >= 0.6 is 11.3 Å². The van der Waals surface area contributed by atoms with Crippen molar-refractivity contribution in [3.05, 3.63) is 38.0 Å². The van der Waals surface area contributed by atoms with Gasteiger partial charge in [0.15, 0.2) is 0 Å². The van der Waals surface area contributed by atoms with E-state index in [9.17, 15) is 20.2 Å². The fourth-order valence-electron chi connectivity index (χ4n) is 2.96. The number of aryl methyl sites for hydroxylation is 2. The van der Waals surface area contributed by atoms with Crippen molar-refractivity contribution in [1.29, 1.82) is 5.26 Å². The van der Waals surface area contributed by atoms with Gasteiger partial charge in [0.2, 0.25) is 5.91 Å². The third-order valence-electron chi connectivity index (χ3n) is 4.38. The Hall–Kier alpha value is -2.73. The summed E-state index contributed by atoms with van der Waals surface area (Å²) in [5.41, 5.74) is 1.73. The van der Waals surface area contributed by atoms with Crippen LogP contribution < -0.4 is 5.32 Å². The first-order valence-electron chi connectivity index (χ1n) is 7.98. The van der Waals surface area contributed by atoms with Crippen molar-refractivity contribution >= 4 is 27.9 Å². The highest BCUT2D eigenvalue weighted by Gasteiger charge is 2.25. The second-order valence-electron chi connectivity index (χ2n) is 6.03. The first kappa shape index (κ1) is 17.1. The lowest BCUT2D eigenvalue weighted by molar-refractivity contribution is -0.385. The van der Waals surface area contributed by atoms with E-state index < -0.39 is 11.0 Å². The molecule has 3 rings (SSSR count). The van der Waals surface area contributed by atoms with E-state index in [2.05, 4.69) is 16.5 Å². The minimum absolute atomic E-state index is 0.121. The van der Waals surface area contributed by atoms with E-state index in [1.807, 2.05) is 0 Å². The lowest BCUT2D eigenvalue weighted by Gasteiger charge is -2.11. The largest absolute Gasteiger partial charge is 0.315 e. The molecule has 0 radical (unpaired) electrons. The number of hydrogen-bond donors (Lipinski definition) is 1. The average Bonchev–Trinajstić information content (AvgIpc) is 3.14. The Kier molecular flexibility index (Phi) is 4.55. The van der Waals surface area contributed by atoms with Gasteiger partial charge in [-0.2, -0.15) is 10.4 Å². The minimum atomic E-state index is -0.724. The predicted octanol–water partition coefficient (Wildman–Crippen LogP) is 3.11. The quantitative estimate of drug-likeness (QED) is 0.665. The zero-order valence-corrected chi connectivity index (χ0v) is 14.7. The second-order valence-corrected chi connectivity index (χ2v) is 7.13. The maximum absolute atomic E-state index is 12.5. The molecule has 0 saturated carbocycles. The van der Waals surface area contributed by atoms with E-state index >= 15 is 0 Å². The van der Waals surface area contributed by atoms with Gasteiger partial charge in [-0.1, -0.05) is 0 Å². The van der Waals surface area contributed by atoms with Gasteiger partial charge in [-0.15, -0.1) is 11.3 Å². The summed E-state index contributed by atoms with van der Waals surface area (Å²) in [4.78, 5) is 24.1. The van der Waals surface area contributed by atoms with Gasteiger partial charge in [0.05, 0.1) is 10.5 Å². The Morgan fingerprint density at radius 1 is 1.52 bits per heavy atom. The van der Waals surface area contributed by atoms with E-state index in [0.717, 1.165) is 36.1 Å². The van der Waals surface area contributed by atoms with Crippen molar-refractivity contribution in [1.82, 2.24) is 9.78 Å². The SMILES string of the molecule is Cc1nn(C(C)C(=O)Nc2sc3c(c2C#N)CCCC3)cc1[N+](=O)[O-]. The molecule has 1 aliphatic carbocycles. The first-order valence-corrected chi connectivity index (χ1v) is 8.79. The van der Waals surface area contributed by atoms with Gasteiger partial charge in [-0.05, 0) is 45.1 Å². The van der Waals surface area contributed by atoms with Crippen LogP contribution in [0.4, 0.5) is 10.7 Å². The van der Waals surface area contributed by atoms with E-state index in [4.69, 9.17) is 0 Å². The van der Waals surface area contributed by atoms with Crippen LogP contribution in [0.1, 0.15) is 47.5 Å². The summed E-state index contributed by atoms with van der Waals surface area (Å²) < 4.78 is 1.28. The molecular formula is C16H17N5O3S. The molecule has 0 bridgehead atoms. The standard InChI is InChI=1S/C16H17N5O3S/c1-9-13(21(23)24)8-20(19-9)10(2)15(22)18-16-12(7-17)11-5-3-4-6-14(11)25-16/h8,10H,3-6H2,1-2H3,(H,18,22). The van der Waals surface area contributed by atoms with Crippen LogP contribution in [-0.2, 0) is 17.6 Å². The van der Waals surface area contributed by atoms with E-state index in [-0.39, 0.29) is 17.3 Å². The number of hydrogen-bond acceptors (Lipinski definition) is 6. The molecule has 8 nitrogen and oxygen atoms in total. The summed E-state index contributed by atoms with van der Waals surface area (Å²) in [5.74, 6) is -0.354. The molecule has 2 aromatic heterocycles. The third-order valence-corrected chi connectivity index (χ3v) is 5.59. The van der Waals surface area contributed by atoms with Crippen molar-refractivity contribution in [3.63, 3.8) is 0 Å². The Morgan fingerprint density at radius 3 is 2.88 bits per heavy atom. The molecule has 1 unspecified atom stereocenters. The molecule has 1 aliphatic rings. The Bertz CT molecular complexity index is 892. The molecule has 2 aromatic rings. The Labute approximate surface area is 148 Å². The molecule has 2 heterocycles. The van der Waals surface area contributed by atoms with Crippen molar-refractivity contribution in [2.24, 2.45) is 0 Å². The number of rotatable bonds is 4. The number of aromatic nitrogens is 2. The van der Waals surface area contributed by atoms with Gasteiger partial charge in [-0.25, -0.2) is 0 Å². The van der Waals surface area contributed by atoms with Crippen molar-refractivity contribution < 1.29 is 9.72 Å². The Balaban J connectivity index is 1.83. The van der Waals surface area contributed by atoms with Gasteiger partial charge < -0.3 is 5.32 Å². The van der Waals surface area contributed by atoms with Gasteiger partial charge in [0, 0.05) is 4.88 Å². The number of carbonyl (C=O) groups is 1. The average molecular weight is 359 g/mol. The van der Waals surface area contributed by atoms with E-state index in [1.54, 1.807) is 6.92 Å². The molecular weight excluding hydrogens is 342 g/mol.